The maximum atomic E-state index is 11.8. The van der Waals surface area contributed by atoms with Crippen LogP contribution >= 0.6 is 0 Å². The molecule has 0 aromatic heterocycles. The lowest BCUT2D eigenvalue weighted by Crippen LogP contribution is -2.38. The van der Waals surface area contributed by atoms with Crippen molar-refractivity contribution in [3.63, 3.8) is 0 Å². The summed E-state index contributed by atoms with van der Waals surface area (Å²) in [6, 6.07) is 10.2. The molecule has 2 rings (SSSR count). The number of allylic oxidation sites excluding steroid dienone is 2. The molecule has 0 spiro atoms. The Balaban J connectivity index is 1.89. The van der Waals surface area contributed by atoms with Crippen molar-refractivity contribution < 1.29 is 14.3 Å². The van der Waals surface area contributed by atoms with E-state index in [9.17, 15) is 4.79 Å². The van der Waals surface area contributed by atoms with Crippen LogP contribution < -0.4 is 0 Å². The molecular weight excluding hydrogens is 288 g/mol. The second kappa shape index (κ2) is 8.30. The van der Waals surface area contributed by atoms with Crippen LogP contribution in [0.1, 0.15) is 38.7 Å². The van der Waals surface area contributed by atoms with Crippen molar-refractivity contribution in [2.75, 3.05) is 13.7 Å². The highest BCUT2D eigenvalue weighted by Crippen LogP contribution is 2.46. The molecule has 3 nitrogen and oxygen atoms in total. The van der Waals surface area contributed by atoms with Gasteiger partial charge in [0.15, 0.2) is 0 Å². The van der Waals surface area contributed by atoms with Crippen LogP contribution in [-0.2, 0) is 20.9 Å². The minimum atomic E-state index is -0.121. The van der Waals surface area contributed by atoms with E-state index >= 15 is 0 Å². The Hall–Kier alpha value is -1.61. The summed E-state index contributed by atoms with van der Waals surface area (Å²) >= 11 is 0. The quantitative estimate of drug-likeness (QED) is 0.425. The molecule has 0 heterocycles. The molecule has 0 saturated carbocycles. The topological polar surface area (TPSA) is 35.5 Å². The van der Waals surface area contributed by atoms with Crippen LogP contribution in [0.2, 0.25) is 0 Å². The average molecular weight is 316 g/mol. The monoisotopic (exact) mass is 316 g/mol. The first-order valence-corrected chi connectivity index (χ1v) is 8.41. The van der Waals surface area contributed by atoms with Crippen molar-refractivity contribution in [1.82, 2.24) is 0 Å². The zero-order chi connectivity index (χ0) is 16.7. The van der Waals surface area contributed by atoms with E-state index in [0.29, 0.717) is 31.5 Å². The molecule has 1 aliphatic carbocycles. The van der Waals surface area contributed by atoms with Crippen LogP contribution in [0.15, 0.2) is 42.5 Å². The van der Waals surface area contributed by atoms with Crippen molar-refractivity contribution in [2.24, 2.45) is 17.3 Å². The lowest BCUT2D eigenvalue weighted by molar-refractivity contribution is -0.145. The Morgan fingerprint density at radius 2 is 2.04 bits per heavy atom. The lowest BCUT2D eigenvalue weighted by atomic mass is 9.62. The third-order valence-electron chi connectivity index (χ3n) is 5.27. The predicted molar refractivity (Wildman–Crippen MR) is 91.9 cm³/mol. The molecule has 3 atom stereocenters. The standard InChI is InChI=1S/C20H28O3/c1-16-8-7-11-18(20(16,2)14-19(21)22-3)12-13-23-15-17-9-5-4-6-10-17/h4-7,9-11,16,18H,8,12-15H2,1-3H3/t16-,18+,20+/m1/s1. The number of rotatable bonds is 7. The van der Waals surface area contributed by atoms with Gasteiger partial charge in [-0.1, -0.05) is 56.3 Å². The Morgan fingerprint density at radius 1 is 1.30 bits per heavy atom. The largest absolute Gasteiger partial charge is 0.469 e. The van der Waals surface area contributed by atoms with E-state index in [1.54, 1.807) is 0 Å². The molecule has 23 heavy (non-hydrogen) atoms. The van der Waals surface area contributed by atoms with Crippen molar-refractivity contribution >= 4 is 5.97 Å². The van der Waals surface area contributed by atoms with Crippen LogP contribution in [0.5, 0.6) is 0 Å². The summed E-state index contributed by atoms with van der Waals surface area (Å²) in [7, 11) is 1.47. The minimum Gasteiger partial charge on any atom is -0.469 e. The molecule has 0 fully saturated rings. The molecule has 3 heteroatoms. The van der Waals surface area contributed by atoms with Gasteiger partial charge in [-0.05, 0) is 35.7 Å². The van der Waals surface area contributed by atoms with Gasteiger partial charge < -0.3 is 9.47 Å². The van der Waals surface area contributed by atoms with Gasteiger partial charge in [0.05, 0.1) is 20.1 Å². The third kappa shape index (κ3) is 4.68. The number of benzene rings is 1. The second-order valence-corrected chi connectivity index (χ2v) is 6.76. The number of hydrogen-bond acceptors (Lipinski definition) is 3. The van der Waals surface area contributed by atoms with Crippen LogP contribution in [-0.4, -0.2) is 19.7 Å². The van der Waals surface area contributed by atoms with Gasteiger partial charge in [0.1, 0.15) is 0 Å². The van der Waals surface area contributed by atoms with Crippen LogP contribution in [0.4, 0.5) is 0 Å². The van der Waals surface area contributed by atoms with Crippen molar-refractivity contribution in [2.45, 2.75) is 39.7 Å². The summed E-state index contributed by atoms with van der Waals surface area (Å²) in [6.45, 7) is 5.78. The predicted octanol–water partition coefficient (Wildman–Crippen LogP) is 4.37. The molecule has 0 unspecified atom stereocenters. The fourth-order valence-corrected chi connectivity index (χ4v) is 3.39. The van der Waals surface area contributed by atoms with E-state index < -0.39 is 0 Å². The number of carbonyl (C=O) groups excluding carboxylic acids is 1. The summed E-state index contributed by atoms with van der Waals surface area (Å²) in [5.41, 5.74) is 1.13. The molecule has 1 aromatic carbocycles. The van der Waals surface area contributed by atoms with E-state index in [1.165, 1.54) is 12.7 Å². The molecule has 1 aliphatic rings. The summed E-state index contributed by atoms with van der Waals surface area (Å²) in [4.78, 5) is 11.8. The molecule has 0 bridgehead atoms. The van der Waals surface area contributed by atoms with Gasteiger partial charge in [-0.2, -0.15) is 0 Å². The van der Waals surface area contributed by atoms with Crippen molar-refractivity contribution in [1.29, 1.82) is 0 Å². The first kappa shape index (κ1) is 17.7. The zero-order valence-electron chi connectivity index (χ0n) is 14.5. The van der Waals surface area contributed by atoms with Crippen LogP contribution in [0.25, 0.3) is 0 Å². The first-order chi connectivity index (χ1) is 11.1. The highest BCUT2D eigenvalue weighted by molar-refractivity contribution is 5.70. The van der Waals surface area contributed by atoms with E-state index in [-0.39, 0.29) is 11.4 Å². The summed E-state index contributed by atoms with van der Waals surface area (Å²) in [5.74, 6) is 0.691. The van der Waals surface area contributed by atoms with Gasteiger partial charge in [0.2, 0.25) is 0 Å². The lowest BCUT2D eigenvalue weighted by Gasteiger charge is -2.43. The SMILES string of the molecule is COC(=O)C[C@@]1(C)[C@H](C)CC=C[C@H]1CCOCc1ccccc1. The van der Waals surface area contributed by atoms with Gasteiger partial charge in [0.25, 0.3) is 0 Å². The van der Waals surface area contributed by atoms with E-state index in [1.807, 2.05) is 18.2 Å². The fourth-order valence-electron chi connectivity index (χ4n) is 3.39. The van der Waals surface area contributed by atoms with Crippen LogP contribution in [0, 0.1) is 17.3 Å². The summed E-state index contributed by atoms with van der Waals surface area (Å²) in [5, 5.41) is 0. The van der Waals surface area contributed by atoms with Gasteiger partial charge in [-0.15, -0.1) is 0 Å². The van der Waals surface area contributed by atoms with E-state index in [4.69, 9.17) is 9.47 Å². The van der Waals surface area contributed by atoms with Gasteiger partial charge >= 0.3 is 5.97 Å². The van der Waals surface area contributed by atoms with Gasteiger partial charge in [-0.25, -0.2) is 0 Å². The van der Waals surface area contributed by atoms with Crippen molar-refractivity contribution in [3.05, 3.63) is 48.0 Å². The van der Waals surface area contributed by atoms with Crippen molar-refractivity contribution in [3.8, 4) is 0 Å². The minimum absolute atomic E-state index is 0.0576. The number of methoxy groups -OCH3 is 1. The van der Waals surface area contributed by atoms with Gasteiger partial charge in [-0.3, -0.25) is 4.79 Å². The smallest absolute Gasteiger partial charge is 0.306 e. The fraction of sp³-hybridized carbons (Fsp3) is 0.550. The third-order valence-corrected chi connectivity index (χ3v) is 5.27. The van der Waals surface area contributed by atoms with E-state index in [0.717, 1.165) is 12.8 Å². The number of ether oxygens (including phenoxy) is 2. The Kier molecular flexibility index (Phi) is 6.40. The van der Waals surface area contributed by atoms with E-state index in [2.05, 4.69) is 38.1 Å². The second-order valence-electron chi connectivity index (χ2n) is 6.76. The highest BCUT2D eigenvalue weighted by atomic mass is 16.5. The molecule has 0 amide bonds. The number of esters is 1. The maximum Gasteiger partial charge on any atom is 0.306 e. The Bertz CT molecular complexity index is 523. The molecule has 0 saturated heterocycles. The summed E-state index contributed by atoms with van der Waals surface area (Å²) in [6.07, 6.45) is 6.93. The molecule has 1 aromatic rings. The summed E-state index contributed by atoms with van der Waals surface area (Å²) < 4.78 is 10.7. The maximum absolute atomic E-state index is 11.8. The Labute approximate surface area is 139 Å². The average Bonchev–Trinajstić information content (AvgIpc) is 2.56. The molecule has 0 N–H and O–H groups in total. The number of hydrogen-bond donors (Lipinski definition) is 0. The van der Waals surface area contributed by atoms with Gasteiger partial charge in [0, 0.05) is 6.61 Å². The Morgan fingerprint density at radius 3 is 2.74 bits per heavy atom. The zero-order valence-corrected chi connectivity index (χ0v) is 14.5. The number of carbonyl (C=O) groups is 1. The normalized spacial score (nSPS) is 26.9. The van der Waals surface area contributed by atoms with Crippen LogP contribution in [0.3, 0.4) is 0 Å². The molecule has 126 valence electrons. The molecule has 0 aliphatic heterocycles. The molecule has 0 radical (unpaired) electrons. The first-order valence-electron chi connectivity index (χ1n) is 8.41. The molecular formula is C20H28O3. The highest BCUT2D eigenvalue weighted by Gasteiger charge is 2.41.